The molecular weight excluding hydrogens is 218 g/mol. The first-order chi connectivity index (χ1) is 8.06. The molecule has 0 saturated carbocycles. The molecule has 0 bridgehead atoms. The van der Waals surface area contributed by atoms with Crippen LogP contribution in [0.3, 0.4) is 0 Å². The summed E-state index contributed by atoms with van der Waals surface area (Å²) < 4.78 is 0. The van der Waals surface area contributed by atoms with E-state index in [1.807, 2.05) is 31.2 Å². The highest BCUT2D eigenvalue weighted by atomic mass is 16.2. The average Bonchev–Trinajstić information content (AvgIpc) is 2.29. The number of amidine groups is 1. The largest absolute Gasteiger partial charge is 0.312 e. The summed E-state index contributed by atoms with van der Waals surface area (Å²) in [5.41, 5.74) is 7.47. The van der Waals surface area contributed by atoms with E-state index in [9.17, 15) is 9.59 Å². The van der Waals surface area contributed by atoms with Crippen LogP contribution in [-0.2, 0) is 16.0 Å². The standard InChI is InChI=1S/C12H13N3O2/c1-7-2-4-8(5-3-7)6-9-14-11(16)10(13)12(17)15-9/h2-5,10H,6,13H2,1H3,(H,14,15,16,17). The molecule has 0 spiro atoms. The lowest BCUT2D eigenvalue weighted by Gasteiger charge is -2.16. The van der Waals surface area contributed by atoms with E-state index in [0.29, 0.717) is 12.3 Å². The maximum atomic E-state index is 11.3. The van der Waals surface area contributed by atoms with E-state index in [4.69, 9.17) is 5.73 Å². The lowest BCUT2D eigenvalue weighted by atomic mass is 10.1. The van der Waals surface area contributed by atoms with E-state index < -0.39 is 17.9 Å². The summed E-state index contributed by atoms with van der Waals surface area (Å²) in [4.78, 5) is 26.4. The Bertz CT molecular complexity index is 491. The minimum Gasteiger partial charge on any atom is -0.312 e. The number of nitrogens with two attached hydrogens (primary N) is 1. The monoisotopic (exact) mass is 231 g/mol. The third-order valence-electron chi connectivity index (χ3n) is 2.55. The van der Waals surface area contributed by atoms with Crippen LogP contribution < -0.4 is 11.1 Å². The van der Waals surface area contributed by atoms with Crippen LogP contribution in [0.4, 0.5) is 0 Å². The van der Waals surface area contributed by atoms with E-state index in [0.717, 1.165) is 11.1 Å². The molecule has 2 amide bonds. The molecule has 1 aliphatic rings. The second-order valence-corrected chi connectivity index (χ2v) is 4.03. The van der Waals surface area contributed by atoms with Gasteiger partial charge in [0.2, 0.25) is 0 Å². The van der Waals surface area contributed by atoms with Crippen molar-refractivity contribution in [2.24, 2.45) is 10.7 Å². The first-order valence-corrected chi connectivity index (χ1v) is 5.29. The SMILES string of the molecule is Cc1ccc(CC2=NC(=O)C(N)C(=O)N2)cc1. The molecule has 1 aromatic carbocycles. The predicted octanol–water partition coefficient (Wildman–Crippen LogP) is -0.0803. The molecular formula is C12H13N3O2. The quantitative estimate of drug-likeness (QED) is 0.698. The third-order valence-corrected chi connectivity index (χ3v) is 2.55. The maximum absolute atomic E-state index is 11.3. The highest BCUT2D eigenvalue weighted by molar-refractivity contribution is 6.18. The smallest absolute Gasteiger partial charge is 0.273 e. The summed E-state index contributed by atoms with van der Waals surface area (Å²) in [7, 11) is 0. The van der Waals surface area contributed by atoms with Gasteiger partial charge in [0.05, 0.1) is 0 Å². The summed E-state index contributed by atoms with van der Waals surface area (Å²) in [5, 5.41) is 2.52. The lowest BCUT2D eigenvalue weighted by Crippen LogP contribution is -2.52. The highest BCUT2D eigenvalue weighted by Crippen LogP contribution is 2.06. The molecule has 1 unspecified atom stereocenters. The molecule has 0 aromatic heterocycles. The Morgan fingerprint density at radius 2 is 1.94 bits per heavy atom. The van der Waals surface area contributed by atoms with Crippen molar-refractivity contribution in [1.29, 1.82) is 0 Å². The Hall–Kier alpha value is -2.01. The van der Waals surface area contributed by atoms with Crippen LogP contribution in [0.15, 0.2) is 29.3 Å². The van der Waals surface area contributed by atoms with Crippen molar-refractivity contribution in [3.63, 3.8) is 0 Å². The number of amides is 2. The Morgan fingerprint density at radius 1 is 1.29 bits per heavy atom. The van der Waals surface area contributed by atoms with Gasteiger partial charge in [0.25, 0.3) is 11.8 Å². The summed E-state index contributed by atoms with van der Waals surface area (Å²) >= 11 is 0. The zero-order chi connectivity index (χ0) is 12.4. The van der Waals surface area contributed by atoms with Gasteiger partial charge in [-0.25, -0.2) is 0 Å². The van der Waals surface area contributed by atoms with E-state index in [-0.39, 0.29) is 0 Å². The Labute approximate surface area is 98.7 Å². The lowest BCUT2D eigenvalue weighted by molar-refractivity contribution is -0.129. The number of nitrogens with zero attached hydrogens (tertiary/aromatic N) is 1. The van der Waals surface area contributed by atoms with Gasteiger partial charge in [0.15, 0.2) is 6.04 Å². The molecule has 5 heteroatoms. The number of aryl methyl sites for hydroxylation is 1. The van der Waals surface area contributed by atoms with Crippen molar-refractivity contribution in [2.45, 2.75) is 19.4 Å². The minimum absolute atomic E-state index is 0.352. The van der Waals surface area contributed by atoms with Gasteiger partial charge in [-0.2, -0.15) is 4.99 Å². The number of hydrogen-bond donors (Lipinski definition) is 2. The van der Waals surface area contributed by atoms with Crippen molar-refractivity contribution < 1.29 is 9.59 Å². The summed E-state index contributed by atoms with van der Waals surface area (Å²) in [6, 6.07) is 6.63. The van der Waals surface area contributed by atoms with Crippen molar-refractivity contribution in [3.05, 3.63) is 35.4 Å². The molecule has 3 N–H and O–H groups in total. The molecule has 1 heterocycles. The van der Waals surface area contributed by atoms with Crippen molar-refractivity contribution in [1.82, 2.24) is 5.32 Å². The molecule has 2 rings (SSSR count). The molecule has 0 fully saturated rings. The van der Waals surface area contributed by atoms with Gasteiger partial charge in [-0.1, -0.05) is 29.8 Å². The van der Waals surface area contributed by atoms with Crippen LogP contribution in [0, 0.1) is 6.92 Å². The van der Waals surface area contributed by atoms with Gasteiger partial charge < -0.3 is 11.1 Å². The fourth-order valence-corrected chi connectivity index (χ4v) is 1.55. The van der Waals surface area contributed by atoms with Crippen molar-refractivity contribution >= 4 is 17.6 Å². The van der Waals surface area contributed by atoms with E-state index in [1.165, 1.54) is 0 Å². The van der Waals surface area contributed by atoms with E-state index in [2.05, 4.69) is 10.3 Å². The van der Waals surface area contributed by atoms with Crippen molar-refractivity contribution in [2.75, 3.05) is 0 Å². The number of carbonyl (C=O) groups excluding carboxylic acids is 2. The van der Waals surface area contributed by atoms with Gasteiger partial charge in [-0.05, 0) is 12.5 Å². The van der Waals surface area contributed by atoms with Gasteiger partial charge >= 0.3 is 0 Å². The van der Waals surface area contributed by atoms with Gasteiger partial charge in [-0.3, -0.25) is 9.59 Å². The third kappa shape index (κ3) is 2.57. The molecule has 1 aromatic rings. The number of nitrogens with one attached hydrogen (secondary N) is 1. The molecule has 5 nitrogen and oxygen atoms in total. The van der Waals surface area contributed by atoms with Crippen LogP contribution in [-0.4, -0.2) is 23.7 Å². The molecule has 1 atom stereocenters. The fourth-order valence-electron chi connectivity index (χ4n) is 1.55. The first kappa shape index (κ1) is 11.5. The minimum atomic E-state index is -1.17. The Balaban J connectivity index is 2.14. The average molecular weight is 231 g/mol. The molecule has 1 aliphatic heterocycles. The molecule has 0 radical (unpaired) electrons. The maximum Gasteiger partial charge on any atom is 0.273 e. The Kier molecular flexibility index (Phi) is 3.01. The zero-order valence-corrected chi connectivity index (χ0v) is 9.43. The highest BCUT2D eigenvalue weighted by Gasteiger charge is 2.27. The normalized spacial score (nSPS) is 19.9. The van der Waals surface area contributed by atoms with Crippen LogP contribution in [0.2, 0.25) is 0 Å². The van der Waals surface area contributed by atoms with E-state index >= 15 is 0 Å². The number of rotatable bonds is 2. The first-order valence-electron chi connectivity index (χ1n) is 5.29. The summed E-state index contributed by atoms with van der Waals surface area (Å²) in [6.45, 7) is 1.99. The molecule has 0 saturated heterocycles. The van der Waals surface area contributed by atoms with Gasteiger partial charge in [0, 0.05) is 6.42 Å². The topological polar surface area (TPSA) is 84.6 Å². The fraction of sp³-hybridized carbons (Fsp3) is 0.250. The second-order valence-electron chi connectivity index (χ2n) is 4.03. The molecule has 17 heavy (non-hydrogen) atoms. The summed E-state index contributed by atoms with van der Waals surface area (Å²) in [5.74, 6) is -0.728. The summed E-state index contributed by atoms with van der Waals surface area (Å²) in [6.07, 6.45) is 0.421. The number of aliphatic imine (C=N–C) groups is 1. The molecule has 0 aliphatic carbocycles. The van der Waals surface area contributed by atoms with Crippen LogP contribution in [0.1, 0.15) is 11.1 Å². The van der Waals surface area contributed by atoms with Crippen LogP contribution in [0.5, 0.6) is 0 Å². The Morgan fingerprint density at radius 3 is 2.53 bits per heavy atom. The number of benzene rings is 1. The van der Waals surface area contributed by atoms with Gasteiger partial charge in [-0.15, -0.1) is 0 Å². The number of hydrogen-bond acceptors (Lipinski definition) is 3. The van der Waals surface area contributed by atoms with Crippen LogP contribution >= 0.6 is 0 Å². The predicted molar refractivity (Wildman–Crippen MR) is 63.4 cm³/mol. The van der Waals surface area contributed by atoms with Crippen LogP contribution in [0.25, 0.3) is 0 Å². The van der Waals surface area contributed by atoms with Crippen molar-refractivity contribution in [3.8, 4) is 0 Å². The zero-order valence-electron chi connectivity index (χ0n) is 9.43. The second kappa shape index (κ2) is 4.47. The van der Waals surface area contributed by atoms with Gasteiger partial charge in [0.1, 0.15) is 5.84 Å². The molecule has 88 valence electrons. The van der Waals surface area contributed by atoms with E-state index in [1.54, 1.807) is 0 Å². The number of carbonyl (C=O) groups is 2.